The van der Waals surface area contributed by atoms with E-state index >= 15 is 0 Å². The van der Waals surface area contributed by atoms with Crippen LogP contribution in [0.2, 0.25) is 0 Å². The lowest BCUT2D eigenvalue weighted by Crippen LogP contribution is -2.23. The minimum Gasteiger partial charge on any atom is -0.385 e. The Hall–Kier alpha value is -1.80. The lowest BCUT2D eigenvalue weighted by Gasteiger charge is -2.26. The Morgan fingerprint density at radius 1 is 0.950 bits per heavy atom. The van der Waals surface area contributed by atoms with Crippen LogP contribution in [-0.2, 0) is 12.6 Å². The van der Waals surface area contributed by atoms with E-state index in [1.807, 2.05) is 19.9 Å². The van der Waals surface area contributed by atoms with Crippen molar-refractivity contribution in [2.24, 2.45) is 7.05 Å². The van der Waals surface area contributed by atoms with Gasteiger partial charge in [-0.1, -0.05) is 44.2 Å². The number of para-hydroxylation sites is 1. The first kappa shape index (κ1) is 13.2. The van der Waals surface area contributed by atoms with E-state index in [0.717, 1.165) is 18.4 Å². The minimum atomic E-state index is -0.746. The SMILES string of the molecule is CCC(O)(CC)c1cccc2c1c1ccccc1n2C. The minimum absolute atomic E-state index is 0.728. The van der Waals surface area contributed by atoms with Gasteiger partial charge in [0.1, 0.15) is 0 Å². The summed E-state index contributed by atoms with van der Waals surface area (Å²) in [5.41, 5.74) is 2.70. The van der Waals surface area contributed by atoms with Gasteiger partial charge in [-0.2, -0.15) is 0 Å². The standard InChI is InChI=1S/C18H21NO/c1-4-18(20,5-2)14-10-8-12-16-17(14)13-9-6-7-11-15(13)19(16)3/h6-12,20H,4-5H2,1-3H3. The normalized spacial score (nSPS) is 12.4. The zero-order valence-corrected chi connectivity index (χ0v) is 12.4. The van der Waals surface area contributed by atoms with E-state index in [2.05, 4.69) is 48.0 Å². The molecule has 1 N–H and O–H groups in total. The molecule has 1 aromatic heterocycles. The number of aryl methyl sites for hydroxylation is 1. The van der Waals surface area contributed by atoms with Crippen LogP contribution in [0, 0.1) is 0 Å². The monoisotopic (exact) mass is 267 g/mol. The average molecular weight is 267 g/mol. The zero-order chi connectivity index (χ0) is 14.3. The smallest absolute Gasteiger partial charge is 0.0898 e. The number of hydrogen-bond donors (Lipinski definition) is 1. The molecule has 0 amide bonds. The van der Waals surface area contributed by atoms with Crippen LogP contribution in [0.15, 0.2) is 42.5 Å². The molecule has 0 radical (unpaired) electrons. The van der Waals surface area contributed by atoms with Gasteiger partial charge in [0.2, 0.25) is 0 Å². The molecule has 0 aliphatic heterocycles. The van der Waals surface area contributed by atoms with Crippen LogP contribution in [0.3, 0.4) is 0 Å². The maximum absolute atomic E-state index is 11.0. The summed E-state index contributed by atoms with van der Waals surface area (Å²) in [5, 5.41) is 13.4. The van der Waals surface area contributed by atoms with Gasteiger partial charge in [-0.25, -0.2) is 0 Å². The summed E-state index contributed by atoms with van der Waals surface area (Å²) in [5.74, 6) is 0. The summed E-state index contributed by atoms with van der Waals surface area (Å²) < 4.78 is 2.21. The molecule has 2 nitrogen and oxygen atoms in total. The van der Waals surface area contributed by atoms with Gasteiger partial charge in [-0.15, -0.1) is 0 Å². The number of rotatable bonds is 3. The lowest BCUT2D eigenvalue weighted by atomic mass is 9.86. The van der Waals surface area contributed by atoms with E-state index in [9.17, 15) is 5.11 Å². The van der Waals surface area contributed by atoms with E-state index in [-0.39, 0.29) is 0 Å². The molecular formula is C18H21NO. The highest BCUT2D eigenvalue weighted by Gasteiger charge is 2.28. The summed E-state index contributed by atoms with van der Waals surface area (Å²) in [7, 11) is 2.09. The Morgan fingerprint density at radius 2 is 1.60 bits per heavy atom. The van der Waals surface area contributed by atoms with Crippen molar-refractivity contribution in [2.75, 3.05) is 0 Å². The van der Waals surface area contributed by atoms with Crippen LogP contribution >= 0.6 is 0 Å². The molecule has 104 valence electrons. The third-order valence-electron chi connectivity index (χ3n) is 4.61. The Labute approximate surface area is 119 Å². The molecule has 0 unspecified atom stereocenters. The molecular weight excluding hydrogens is 246 g/mol. The van der Waals surface area contributed by atoms with E-state index < -0.39 is 5.60 Å². The summed E-state index contributed by atoms with van der Waals surface area (Å²) in [4.78, 5) is 0. The van der Waals surface area contributed by atoms with Crippen molar-refractivity contribution in [3.63, 3.8) is 0 Å². The number of benzene rings is 2. The molecule has 0 aliphatic carbocycles. The van der Waals surface area contributed by atoms with Crippen molar-refractivity contribution in [1.82, 2.24) is 4.57 Å². The molecule has 3 rings (SSSR count). The largest absolute Gasteiger partial charge is 0.385 e. The Bertz CT molecular complexity index is 766. The maximum Gasteiger partial charge on any atom is 0.0898 e. The number of nitrogens with zero attached hydrogens (tertiary/aromatic N) is 1. The molecule has 2 aromatic carbocycles. The summed E-state index contributed by atoms with van der Waals surface area (Å²) in [6.45, 7) is 4.10. The van der Waals surface area contributed by atoms with Crippen molar-refractivity contribution < 1.29 is 5.11 Å². The van der Waals surface area contributed by atoms with Gasteiger partial charge in [0.25, 0.3) is 0 Å². The topological polar surface area (TPSA) is 25.2 Å². The molecule has 0 saturated heterocycles. The fraction of sp³-hybridized carbons (Fsp3) is 0.333. The number of hydrogen-bond acceptors (Lipinski definition) is 1. The van der Waals surface area contributed by atoms with Crippen LogP contribution in [0.4, 0.5) is 0 Å². The molecule has 20 heavy (non-hydrogen) atoms. The molecule has 0 bridgehead atoms. The zero-order valence-electron chi connectivity index (χ0n) is 12.4. The van der Waals surface area contributed by atoms with E-state index in [1.165, 1.54) is 21.8 Å². The second kappa shape index (κ2) is 4.64. The van der Waals surface area contributed by atoms with Crippen LogP contribution in [0.25, 0.3) is 21.8 Å². The number of fused-ring (bicyclic) bond motifs is 3. The molecule has 0 atom stereocenters. The van der Waals surface area contributed by atoms with Gasteiger partial charge in [-0.05, 0) is 30.5 Å². The maximum atomic E-state index is 11.0. The van der Waals surface area contributed by atoms with Crippen molar-refractivity contribution in [1.29, 1.82) is 0 Å². The molecule has 2 heteroatoms. The van der Waals surface area contributed by atoms with Crippen molar-refractivity contribution in [3.8, 4) is 0 Å². The molecule has 0 saturated carbocycles. The quantitative estimate of drug-likeness (QED) is 0.750. The van der Waals surface area contributed by atoms with Gasteiger partial charge in [0, 0.05) is 28.9 Å². The summed E-state index contributed by atoms with van der Waals surface area (Å²) in [6, 6.07) is 14.7. The number of aromatic nitrogens is 1. The van der Waals surface area contributed by atoms with Gasteiger partial charge in [0.15, 0.2) is 0 Å². The highest BCUT2D eigenvalue weighted by Crippen LogP contribution is 2.38. The van der Waals surface area contributed by atoms with E-state index in [4.69, 9.17) is 0 Å². The fourth-order valence-electron chi connectivity index (χ4n) is 3.23. The van der Waals surface area contributed by atoms with Crippen molar-refractivity contribution in [3.05, 3.63) is 48.0 Å². The Morgan fingerprint density at radius 3 is 2.30 bits per heavy atom. The third-order valence-corrected chi connectivity index (χ3v) is 4.61. The van der Waals surface area contributed by atoms with Gasteiger partial charge in [0.05, 0.1) is 5.60 Å². The van der Waals surface area contributed by atoms with E-state index in [0.29, 0.717) is 0 Å². The van der Waals surface area contributed by atoms with Crippen molar-refractivity contribution in [2.45, 2.75) is 32.3 Å². The second-order valence-corrected chi connectivity index (χ2v) is 5.51. The summed E-state index contributed by atoms with van der Waals surface area (Å²) in [6.07, 6.45) is 1.46. The predicted molar refractivity (Wildman–Crippen MR) is 84.9 cm³/mol. The van der Waals surface area contributed by atoms with Gasteiger partial charge in [-0.3, -0.25) is 0 Å². The van der Waals surface area contributed by atoms with Crippen molar-refractivity contribution >= 4 is 21.8 Å². The van der Waals surface area contributed by atoms with Gasteiger partial charge < -0.3 is 9.67 Å². The fourth-order valence-corrected chi connectivity index (χ4v) is 3.23. The molecule has 0 aliphatic rings. The Kier molecular flexibility index (Phi) is 3.06. The highest BCUT2D eigenvalue weighted by molar-refractivity contribution is 6.10. The van der Waals surface area contributed by atoms with Crippen LogP contribution < -0.4 is 0 Å². The van der Waals surface area contributed by atoms with Crippen LogP contribution in [0.1, 0.15) is 32.3 Å². The highest BCUT2D eigenvalue weighted by atomic mass is 16.3. The first-order chi connectivity index (χ1) is 9.62. The summed E-state index contributed by atoms with van der Waals surface area (Å²) >= 11 is 0. The molecule has 3 aromatic rings. The van der Waals surface area contributed by atoms with Crippen LogP contribution in [0.5, 0.6) is 0 Å². The average Bonchev–Trinajstić information content (AvgIpc) is 2.80. The van der Waals surface area contributed by atoms with Gasteiger partial charge >= 0.3 is 0 Å². The lowest BCUT2D eigenvalue weighted by molar-refractivity contribution is 0.0299. The predicted octanol–water partition coefficient (Wildman–Crippen LogP) is 4.34. The molecule has 0 spiro atoms. The first-order valence-electron chi connectivity index (χ1n) is 7.31. The first-order valence-corrected chi connectivity index (χ1v) is 7.31. The second-order valence-electron chi connectivity index (χ2n) is 5.51. The third kappa shape index (κ3) is 1.68. The van der Waals surface area contributed by atoms with Crippen LogP contribution in [-0.4, -0.2) is 9.67 Å². The molecule has 1 heterocycles. The number of aliphatic hydroxyl groups is 1. The van der Waals surface area contributed by atoms with E-state index in [1.54, 1.807) is 0 Å². The Balaban J connectivity index is 2.49. The molecule has 0 fully saturated rings.